The molecule has 0 aliphatic carbocycles. The van der Waals surface area contributed by atoms with Crippen LogP contribution in [0.15, 0.2) is 40.9 Å². The zero-order valence-electron chi connectivity index (χ0n) is 10.7. The number of rotatable bonds is 2. The first-order valence-electron chi connectivity index (χ1n) is 5.96. The molecule has 3 aromatic rings. The van der Waals surface area contributed by atoms with Gasteiger partial charge in [-0.2, -0.15) is 0 Å². The molecular weight excluding hydrogens is 304 g/mol. The van der Waals surface area contributed by atoms with E-state index >= 15 is 0 Å². The van der Waals surface area contributed by atoms with E-state index in [1.54, 1.807) is 0 Å². The Bertz CT molecular complexity index is 748. The summed E-state index contributed by atoms with van der Waals surface area (Å²) in [4.78, 5) is 0. The maximum absolute atomic E-state index is 4.22. The summed E-state index contributed by atoms with van der Waals surface area (Å²) in [5.74, 6) is 1.61. The quantitative estimate of drug-likeness (QED) is 0.787. The second-order valence-corrected chi connectivity index (χ2v) is 5.28. The average molecular weight is 317 g/mol. The van der Waals surface area contributed by atoms with Crippen molar-refractivity contribution in [3.63, 3.8) is 0 Å². The molecule has 1 N–H and O–H groups in total. The van der Waals surface area contributed by atoms with E-state index in [2.05, 4.69) is 61.8 Å². The highest BCUT2D eigenvalue weighted by atomic mass is 79.9. The molecule has 0 amide bonds. The Kier molecular flexibility index (Phi) is 2.98. The number of hydrogen-bond donors (Lipinski definition) is 1. The number of fused-ring (bicyclic) bond motifs is 1. The first kappa shape index (κ1) is 12.2. The van der Waals surface area contributed by atoms with Crippen LogP contribution >= 0.6 is 15.9 Å². The van der Waals surface area contributed by atoms with E-state index in [9.17, 15) is 0 Å². The first-order chi connectivity index (χ1) is 9.19. The maximum Gasteiger partial charge on any atom is 0.224 e. The molecule has 0 saturated heterocycles. The molecule has 5 heteroatoms. The molecule has 0 radical (unpaired) electrons. The number of anilines is 1. The zero-order chi connectivity index (χ0) is 13.4. The molecule has 0 unspecified atom stereocenters. The predicted octanol–water partition coefficient (Wildman–Crippen LogP) is 3.44. The highest BCUT2D eigenvalue weighted by Gasteiger charge is 2.09. The lowest BCUT2D eigenvalue weighted by Crippen LogP contribution is -1.99. The molecule has 1 aromatic heterocycles. The van der Waals surface area contributed by atoms with E-state index in [1.807, 2.05) is 24.7 Å². The normalized spacial score (nSPS) is 10.9. The Balaban J connectivity index is 2.15. The van der Waals surface area contributed by atoms with Gasteiger partial charge in [0.1, 0.15) is 0 Å². The van der Waals surface area contributed by atoms with E-state index in [1.165, 1.54) is 10.8 Å². The van der Waals surface area contributed by atoms with Crippen molar-refractivity contribution >= 4 is 32.7 Å². The van der Waals surface area contributed by atoms with Crippen molar-refractivity contribution in [3.05, 3.63) is 40.9 Å². The largest absolute Gasteiger partial charge is 0.357 e. The van der Waals surface area contributed by atoms with E-state index in [0.717, 1.165) is 21.8 Å². The van der Waals surface area contributed by atoms with Crippen molar-refractivity contribution in [2.75, 3.05) is 12.4 Å². The molecule has 3 rings (SSSR count). The fourth-order valence-electron chi connectivity index (χ4n) is 2.15. The van der Waals surface area contributed by atoms with Gasteiger partial charge in [0.25, 0.3) is 0 Å². The number of benzene rings is 2. The van der Waals surface area contributed by atoms with E-state index in [4.69, 9.17) is 0 Å². The first-order valence-corrected chi connectivity index (χ1v) is 6.75. The standard InChI is InChI=1S/C14H13BrN4/c1-16-14-18-17-13(19(14)2)11-4-3-10-8-12(15)6-5-9(10)7-11/h3-8H,1-2H3,(H,16,18). The molecule has 2 aromatic carbocycles. The van der Waals surface area contributed by atoms with Crippen LogP contribution in [0.1, 0.15) is 0 Å². The average Bonchev–Trinajstić information content (AvgIpc) is 2.79. The number of nitrogens with one attached hydrogen (secondary N) is 1. The van der Waals surface area contributed by atoms with Crippen LogP contribution in [0.3, 0.4) is 0 Å². The smallest absolute Gasteiger partial charge is 0.224 e. The van der Waals surface area contributed by atoms with Crippen LogP contribution in [-0.2, 0) is 7.05 Å². The van der Waals surface area contributed by atoms with Crippen LogP contribution in [0.25, 0.3) is 22.2 Å². The predicted molar refractivity (Wildman–Crippen MR) is 81.2 cm³/mol. The Morgan fingerprint density at radius 2 is 1.79 bits per heavy atom. The van der Waals surface area contributed by atoms with Crippen molar-refractivity contribution < 1.29 is 0 Å². The van der Waals surface area contributed by atoms with Gasteiger partial charge in [0, 0.05) is 24.1 Å². The van der Waals surface area contributed by atoms with Gasteiger partial charge in [0.05, 0.1) is 0 Å². The number of nitrogens with zero attached hydrogens (tertiary/aromatic N) is 3. The van der Waals surface area contributed by atoms with Crippen molar-refractivity contribution in [3.8, 4) is 11.4 Å². The van der Waals surface area contributed by atoms with Gasteiger partial charge in [-0.1, -0.05) is 34.1 Å². The van der Waals surface area contributed by atoms with Crippen molar-refractivity contribution in [1.82, 2.24) is 14.8 Å². The SMILES string of the molecule is CNc1nnc(-c2ccc3cc(Br)ccc3c2)n1C. The summed E-state index contributed by atoms with van der Waals surface area (Å²) in [6, 6.07) is 12.5. The topological polar surface area (TPSA) is 42.7 Å². The van der Waals surface area contributed by atoms with Crippen LogP contribution in [0.2, 0.25) is 0 Å². The minimum absolute atomic E-state index is 0.755. The monoisotopic (exact) mass is 316 g/mol. The summed E-state index contributed by atoms with van der Waals surface area (Å²) < 4.78 is 3.03. The lowest BCUT2D eigenvalue weighted by molar-refractivity contribution is 0.925. The van der Waals surface area contributed by atoms with Crippen LogP contribution in [0, 0.1) is 0 Å². The third-order valence-electron chi connectivity index (χ3n) is 3.16. The van der Waals surface area contributed by atoms with Crippen LogP contribution < -0.4 is 5.32 Å². The summed E-state index contributed by atoms with van der Waals surface area (Å²) in [6.45, 7) is 0. The lowest BCUT2D eigenvalue weighted by Gasteiger charge is -2.05. The van der Waals surface area contributed by atoms with Crippen molar-refractivity contribution in [1.29, 1.82) is 0 Å². The molecule has 0 aliphatic rings. The molecule has 1 heterocycles. The molecule has 0 aliphatic heterocycles. The fraction of sp³-hybridized carbons (Fsp3) is 0.143. The molecule has 0 atom stereocenters. The molecule has 19 heavy (non-hydrogen) atoms. The molecule has 96 valence electrons. The molecule has 0 bridgehead atoms. The maximum atomic E-state index is 4.22. The third-order valence-corrected chi connectivity index (χ3v) is 3.65. The van der Waals surface area contributed by atoms with Gasteiger partial charge < -0.3 is 5.32 Å². The molecule has 0 spiro atoms. The molecule has 4 nitrogen and oxygen atoms in total. The summed E-state index contributed by atoms with van der Waals surface area (Å²) in [5.41, 5.74) is 1.06. The number of halogens is 1. The molecular formula is C14H13BrN4. The second kappa shape index (κ2) is 4.66. The third kappa shape index (κ3) is 2.10. The highest BCUT2D eigenvalue weighted by molar-refractivity contribution is 9.10. The van der Waals surface area contributed by atoms with Gasteiger partial charge in [0.15, 0.2) is 5.82 Å². The van der Waals surface area contributed by atoms with Crippen LogP contribution in [0.4, 0.5) is 5.95 Å². The van der Waals surface area contributed by atoms with E-state index < -0.39 is 0 Å². The molecule has 0 saturated carbocycles. The molecule has 0 fully saturated rings. The Morgan fingerprint density at radius 1 is 1.05 bits per heavy atom. The summed E-state index contributed by atoms with van der Waals surface area (Å²) in [7, 11) is 3.79. The zero-order valence-corrected chi connectivity index (χ0v) is 12.3. The highest BCUT2D eigenvalue weighted by Crippen LogP contribution is 2.26. The minimum Gasteiger partial charge on any atom is -0.357 e. The summed E-state index contributed by atoms with van der Waals surface area (Å²) in [5, 5.41) is 13.7. The van der Waals surface area contributed by atoms with E-state index in [0.29, 0.717) is 0 Å². The van der Waals surface area contributed by atoms with Crippen molar-refractivity contribution in [2.24, 2.45) is 7.05 Å². The van der Waals surface area contributed by atoms with Gasteiger partial charge >= 0.3 is 0 Å². The fourth-order valence-corrected chi connectivity index (χ4v) is 2.53. The lowest BCUT2D eigenvalue weighted by atomic mass is 10.1. The second-order valence-electron chi connectivity index (χ2n) is 4.36. The Hall–Kier alpha value is -1.88. The summed E-state index contributed by atoms with van der Waals surface area (Å²) >= 11 is 3.49. The van der Waals surface area contributed by atoms with Crippen LogP contribution in [0.5, 0.6) is 0 Å². The Morgan fingerprint density at radius 3 is 2.53 bits per heavy atom. The Labute approximate surface area is 119 Å². The van der Waals surface area contributed by atoms with Gasteiger partial charge in [-0.15, -0.1) is 10.2 Å². The van der Waals surface area contributed by atoms with Crippen LogP contribution in [-0.4, -0.2) is 21.8 Å². The number of aromatic nitrogens is 3. The van der Waals surface area contributed by atoms with Gasteiger partial charge in [-0.3, -0.25) is 4.57 Å². The van der Waals surface area contributed by atoms with Gasteiger partial charge in [-0.25, -0.2) is 0 Å². The summed E-state index contributed by atoms with van der Waals surface area (Å²) in [6.07, 6.45) is 0. The minimum atomic E-state index is 0.755. The van der Waals surface area contributed by atoms with Gasteiger partial charge in [-0.05, 0) is 29.0 Å². The van der Waals surface area contributed by atoms with Gasteiger partial charge in [0.2, 0.25) is 5.95 Å². The van der Waals surface area contributed by atoms with E-state index in [-0.39, 0.29) is 0 Å². The van der Waals surface area contributed by atoms with Crippen molar-refractivity contribution in [2.45, 2.75) is 0 Å². The number of hydrogen-bond acceptors (Lipinski definition) is 3.